The molecule has 0 amide bonds. The van der Waals surface area contributed by atoms with E-state index in [1.807, 2.05) is 12.1 Å². The van der Waals surface area contributed by atoms with Crippen molar-refractivity contribution in [2.45, 2.75) is 32.4 Å². The summed E-state index contributed by atoms with van der Waals surface area (Å²) in [6.07, 6.45) is 5.98. The fourth-order valence-electron chi connectivity index (χ4n) is 4.22. The second-order valence-electron chi connectivity index (χ2n) is 6.90. The molecule has 5 rings (SSSR count). The Morgan fingerprint density at radius 1 is 0.846 bits per heavy atom. The van der Waals surface area contributed by atoms with Gasteiger partial charge in [0.05, 0.1) is 6.54 Å². The number of allylic oxidation sites excluding steroid dienone is 2. The summed E-state index contributed by atoms with van der Waals surface area (Å²) in [5.41, 5.74) is 6.92. The van der Waals surface area contributed by atoms with Gasteiger partial charge in [0, 0.05) is 21.7 Å². The highest BCUT2D eigenvalue weighted by atomic mass is 79.9. The summed E-state index contributed by atoms with van der Waals surface area (Å²) in [5, 5.41) is 0.800. The Morgan fingerprint density at radius 3 is 2.38 bits per heavy atom. The summed E-state index contributed by atoms with van der Waals surface area (Å²) in [5.74, 6) is 1.40. The van der Waals surface area contributed by atoms with Gasteiger partial charge in [-0.2, -0.15) is 0 Å². The van der Waals surface area contributed by atoms with Crippen LogP contribution in [0, 0.1) is 0 Å². The van der Waals surface area contributed by atoms with Gasteiger partial charge in [0.15, 0.2) is 5.69 Å². The minimum absolute atomic E-state index is 0. The molecule has 0 spiro atoms. The third kappa shape index (κ3) is 2.83. The van der Waals surface area contributed by atoms with E-state index in [1.54, 1.807) is 0 Å². The summed E-state index contributed by atoms with van der Waals surface area (Å²) >= 11 is 6.08. The molecule has 0 saturated carbocycles. The number of aromatic nitrogens is 2. The number of rotatable bonds is 2. The van der Waals surface area contributed by atoms with Crippen LogP contribution in [0.1, 0.15) is 30.7 Å². The maximum atomic E-state index is 6.08. The van der Waals surface area contributed by atoms with Crippen LogP contribution in [-0.4, -0.2) is 4.57 Å². The first-order chi connectivity index (χ1) is 12.3. The first-order valence-corrected chi connectivity index (χ1v) is 9.36. The zero-order valence-corrected chi connectivity index (χ0v) is 16.8. The van der Waals surface area contributed by atoms with Crippen LogP contribution in [0.25, 0.3) is 22.4 Å². The molecule has 4 heteroatoms. The maximum Gasteiger partial charge on any atom is 0.285 e. The van der Waals surface area contributed by atoms with Crippen LogP contribution >= 0.6 is 11.6 Å². The summed E-state index contributed by atoms with van der Waals surface area (Å²) in [6, 6.07) is 19.1. The average Bonchev–Trinajstić information content (AvgIpc) is 3.08. The van der Waals surface area contributed by atoms with Crippen LogP contribution in [-0.2, 0) is 13.1 Å². The second-order valence-corrected chi connectivity index (χ2v) is 7.34. The Labute approximate surface area is 169 Å². The van der Waals surface area contributed by atoms with Crippen LogP contribution in [0.3, 0.4) is 0 Å². The minimum atomic E-state index is 0. The standard InChI is InChI=1S/C22H20ClN2.BrH/c23-18-11-9-16(10-12-18)20-14-24-15-21(17-6-2-1-3-7-17)25-13-5-4-8-19(20)22(24)25;/h1-3,6-7,9-12,15H,4-5,8,13-14H2;1H/q+1;/p-1. The average molecular weight is 428 g/mol. The van der Waals surface area contributed by atoms with Gasteiger partial charge in [0.2, 0.25) is 0 Å². The van der Waals surface area contributed by atoms with Crippen LogP contribution in [0.4, 0.5) is 0 Å². The molecule has 0 saturated heterocycles. The van der Waals surface area contributed by atoms with Crippen molar-refractivity contribution in [1.29, 1.82) is 0 Å². The van der Waals surface area contributed by atoms with Crippen LogP contribution in [0.2, 0.25) is 5.02 Å². The first kappa shape index (κ1) is 17.6. The number of halogens is 2. The molecule has 2 aliphatic rings. The summed E-state index contributed by atoms with van der Waals surface area (Å²) < 4.78 is 4.97. The van der Waals surface area contributed by atoms with Gasteiger partial charge in [-0.25, -0.2) is 9.13 Å². The molecular weight excluding hydrogens is 408 g/mol. The lowest BCUT2D eigenvalue weighted by Gasteiger charge is -2.05. The van der Waals surface area contributed by atoms with Gasteiger partial charge in [-0.3, -0.25) is 0 Å². The molecule has 2 nitrogen and oxygen atoms in total. The van der Waals surface area contributed by atoms with E-state index in [4.69, 9.17) is 11.6 Å². The summed E-state index contributed by atoms with van der Waals surface area (Å²) in [4.78, 5) is 0. The Kier molecular flexibility index (Phi) is 4.76. The predicted octanol–water partition coefficient (Wildman–Crippen LogP) is 2.21. The quantitative estimate of drug-likeness (QED) is 0.555. The molecule has 1 aromatic heterocycles. The molecule has 0 unspecified atom stereocenters. The molecule has 26 heavy (non-hydrogen) atoms. The molecule has 2 aromatic carbocycles. The highest BCUT2D eigenvalue weighted by molar-refractivity contribution is 6.30. The van der Waals surface area contributed by atoms with Gasteiger partial charge in [-0.1, -0.05) is 54.1 Å². The normalized spacial score (nSPS) is 15.4. The van der Waals surface area contributed by atoms with E-state index in [1.165, 1.54) is 46.6 Å². The van der Waals surface area contributed by atoms with Crippen LogP contribution in [0.15, 0.2) is 60.8 Å². The fraction of sp³-hybridized carbons (Fsp3) is 0.227. The van der Waals surface area contributed by atoms with Gasteiger partial charge < -0.3 is 17.0 Å². The molecule has 0 fully saturated rings. The number of benzene rings is 2. The zero-order chi connectivity index (χ0) is 16.8. The lowest BCUT2D eigenvalue weighted by molar-refractivity contribution is -0.681. The Balaban J connectivity index is 0.00000168. The van der Waals surface area contributed by atoms with Gasteiger partial charge in [0.25, 0.3) is 5.82 Å². The highest BCUT2D eigenvalue weighted by Crippen LogP contribution is 2.38. The van der Waals surface area contributed by atoms with E-state index in [-0.39, 0.29) is 17.0 Å². The van der Waals surface area contributed by atoms with Crippen molar-refractivity contribution in [3.05, 3.63) is 77.2 Å². The van der Waals surface area contributed by atoms with E-state index in [0.29, 0.717) is 0 Å². The Bertz CT molecular complexity index is 971. The lowest BCUT2D eigenvalue weighted by atomic mass is 9.98. The molecule has 0 atom stereocenters. The molecular formula is C22H20BrClN2. The topological polar surface area (TPSA) is 8.81 Å². The van der Waals surface area contributed by atoms with Crippen molar-refractivity contribution in [2.75, 3.05) is 0 Å². The molecule has 0 bridgehead atoms. The number of imidazole rings is 1. The second kappa shape index (κ2) is 7.05. The first-order valence-electron chi connectivity index (χ1n) is 8.98. The SMILES string of the molecule is Clc1ccc(C2=C3CCCCn4c(-c5ccccc5)c[n+](c43)C2)cc1.[Br-]. The molecule has 0 radical (unpaired) electrons. The largest absolute Gasteiger partial charge is 1.00 e. The number of nitrogens with zero attached hydrogens (tertiary/aromatic N) is 2. The van der Waals surface area contributed by atoms with Crippen molar-refractivity contribution in [3.63, 3.8) is 0 Å². The summed E-state index contributed by atoms with van der Waals surface area (Å²) in [7, 11) is 0. The van der Waals surface area contributed by atoms with Crippen molar-refractivity contribution >= 4 is 22.7 Å². The number of hydrogen-bond donors (Lipinski definition) is 0. The number of hydrogen-bond acceptors (Lipinski definition) is 0. The van der Waals surface area contributed by atoms with Gasteiger partial charge in [0.1, 0.15) is 12.7 Å². The van der Waals surface area contributed by atoms with Crippen molar-refractivity contribution < 1.29 is 21.5 Å². The van der Waals surface area contributed by atoms with Crippen molar-refractivity contribution in [1.82, 2.24) is 4.57 Å². The molecule has 3 aromatic rings. The molecule has 3 heterocycles. The third-order valence-electron chi connectivity index (χ3n) is 5.38. The Morgan fingerprint density at radius 2 is 1.62 bits per heavy atom. The van der Waals surface area contributed by atoms with E-state index in [2.05, 4.69) is 57.8 Å². The lowest BCUT2D eigenvalue weighted by Crippen LogP contribution is -3.00. The van der Waals surface area contributed by atoms with Crippen molar-refractivity contribution in [2.24, 2.45) is 0 Å². The van der Waals surface area contributed by atoms with Crippen molar-refractivity contribution in [3.8, 4) is 11.3 Å². The smallest absolute Gasteiger partial charge is 0.285 e. The third-order valence-corrected chi connectivity index (χ3v) is 5.63. The maximum absolute atomic E-state index is 6.08. The molecule has 0 N–H and O–H groups in total. The van der Waals surface area contributed by atoms with E-state index in [0.717, 1.165) is 24.5 Å². The highest BCUT2D eigenvalue weighted by Gasteiger charge is 2.36. The van der Waals surface area contributed by atoms with E-state index < -0.39 is 0 Å². The summed E-state index contributed by atoms with van der Waals surface area (Å²) in [6.45, 7) is 2.06. The molecule has 2 aliphatic heterocycles. The molecule has 132 valence electrons. The molecule has 0 aliphatic carbocycles. The van der Waals surface area contributed by atoms with E-state index >= 15 is 0 Å². The van der Waals surface area contributed by atoms with Gasteiger partial charge in [-0.15, -0.1) is 0 Å². The Hall–Kier alpha value is -1.84. The van der Waals surface area contributed by atoms with Crippen LogP contribution in [0.5, 0.6) is 0 Å². The van der Waals surface area contributed by atoms with E-state index in [9.17, 15) is 0 Å². The minimum Gasteiger partial charge on any atom is -1.00 e. The monoisotopic (exact) mass is 426 g/mol. The predicted molar refractivity (Wildman–Crippen MR) is 102 cm³/mol. The fourth-order valence-corrected chi connectivity index (χ4v) is 4.35. The van der Waals surface area contributed by atoms with Gasteiger partial charge in [-0.05, 0) is 37.0 Å². The zero-order valence-electron chi connectivity index (χ0n) is 14.5. The van der Waals surface area contributed by atoms with Crippen LogP contribution < -0.4 is 21.5 Å². The van der Waals surface area contributed by atoms with Gasteiger partial charge >= 0.3 is 0 Å².